The maximum absolute atomic E-state index is 13.9. The van der Waals surface area contributed by atoms with Crippen molar-refractivity contribution in [2.24, 2.45) is 0 Å². The third-order valence-electron chi connectivity index (χ3n) is 3.97. The highest BCUT2D eigenvalue weighted by atomic mass is 35.5. The summed E-state index contributed by atoms with van der Waals surface area (Å²) in [5, 5.41) is 18.5. The Hall–Kier alpha value is -1.12. The number of ether oxygens (including phenoxy) is 1. The van der Waals surface area contributed by atoms with E-state index in [0.717, 1.165) is 18.2 Å². The van der Waals surface area contributed by atoms with Crippen molar-refractivity contribution in [1.82, 2.24) is 0 Å². The molecule has 0 radical (unpaired) electrons. The van der Waals surface area contributed by atoms with Crippen molar-refractivity contribution >= 4 is 47.4 Å². The van der Waals surface area contributed by atoms with Gasteiger partial charge in [-0.15, -0.1) is 0 Å². The zero-order valence-electron chi connectivity index (χ0n) is 12.2. The first-order valence-electron chi connectivity index (χ1n) is 6.94. The van der Waals surface area contributed by atoms with Gasteiger partial charge in [0.15, 0.2) is 0 Å². The molecule has 3 rings (SSSR count). The molecule has 0 saturated carbocycles. The minimum atomic E-state index is -4.79. The Balaban J connectivity index is 2.17. The van der Waals surface area contributed by atoms with Crippen LogP contribution in [0.4, 0.5) is 13.2 Å². The standard InChI is InChI=1S/C15H9BCl3F3O3/c17-9-2-8(3-10(18)4-9)14(15(20,21)22)6-7-1-11(16(23)24)12(19)5-13(7)25-14/h1-5,23-24H,6H2. The molecule has 2 aromatic carbocycles. The molecule has 1 aliphatic rings. The molecule has 0 aromatic heterocycles. The van der Waals surface area contributed by atoms with Crippen molar-refractivity contribution < 1.29 is 28.0 Å². The highest BCUT2D eigenvalue weighted by molar-refractivity contribution is 6.62. The Kier molecular flexibility index (Phi) is 4.67. The second-order valence-corrected chi connectivity index (χ2v) is 6.90. The van der Waals surface area contributed by atoms with Crippen LogP contribution in [-0.2, 0) is 12.0 Å². The Morgan fingerprint density at radius 1 is 1.00 bits per heavy atom. The van der Waals surface area contributed by atoms with E-state index in [9.17, 15) is 23.2 Å². The van der Waals surface area contributed by atoms with Gasteiger partial charge < -0.3 is 14.8 Å². The predicted molar refractivity (Wildman–Crippen MR) is 89.8 cm³/mol. The number of hydrogen-bond donors (Lipinski definition) is 2. The molecule has 0 saturated heterocycles. The summed E-state index contributed by atoms with van der Waals surface area (Å²) in [7, 11) is -1.92. The van der Waals surface area contributed by atoms with Gasteiger partial charge in [0.25, 0.3) is 0 Å². The summed E-state index contributed by atoms with van der Waals surface area (Å²) in [6, 6.07) is 5.90. The molecule has 0 fully saturated rings. The zero-order valence-corrected chi connectivity index (χ0v) is 14.5. The topological polar surface area (TPSA) is 49.7 Å². The van der Waals surface area contributed by atoms with Crippen molar-refractivity contribution in [3.63, 3.8) is 0 Å². The summed E-state index contributed by atoms with van der Waals surface area (Å²) in [6.45, 7) is 0. The van der Waals surface area contributed by atoms with E-state index in [1.165, 1.54) is 12.1 Å². The van der Waals surface area contributed by atoms with Gasteiger partial charge in [-0.05, 0) is 29.8 Å². The average molecular weight is 411 g/mol. The molecule has 0 amide bonds. The Morgan fingerprint density at radius 3 is 2.12 bits per heavy atom. The van der Waals surface area contributed by atoms with Crippen LogP contribution in [0, 0.1) is 0 Å². The number of rotatable bonds is 2. The van der Waals surface area contributed by atoms with Crippen LogP contribution >= 0.6 is 34.8 Å². The molecule has 3 nitrogen and oxygen atoms in total. The third kappa shape index (κ3) is 3.20. The predicted octanol–water partition coefficient (Wildman–Crippen LogP) is 3.72. The van der Waals surface area contributed by atoms with Gasteiger partial charge in [-0.1, -0.05) is 40.9 Å². The fourth-order valence-electron chi connectivity index (χ4n) is 2.81. The van der Waals surface area contributed by atoms with E-state index in [1.54, 1.807) is 0 Å². The van der Waals surface area contributed by atoms with Crippen molar-refractivity contribution in [1.29, 1.82) is 0 Å². The van der Waals surface area contributed by atoms with Gasteiger partial charge in [-0.2, -0.15) is 13.2 Å². The van der Waals surface area contributed by atoms with Crippen LogP contribution in [0.5, 0.6) is 5.75 Å². The average Bonchev–Trinajstić information content (AvgIpc) is 2.84. The Bertz CT molecular complexity index is 824. The lowest BCUT2D eigenvalue weighted by molar-refractivity contribution is -0.248. The first-order valence-corrected chi connectivity index (χ1v) is 8.07. The first-order chi connectivity index (χ1) is 11.5. The summed E-state index contributed by atoms with van der Waals surface area (Å²) in [4.78, 5) is 0. The van der Waals surface area contributed by atoms with E-state index >= 15 is 0 Å². The van der Waals surface area contributed by atoms with Crippen LogP contribution in [0.2, 0.25) is 15.1 Å². The van der Waals surface area contributed by atoms with E-state index in [1.807, 2.05) is 0 Å². The number of benzene rings is 2. The molecule has 1 aliphatic heterocycles. The van der Waals surface area contributed by atoms with Gasteiger partial charge in [0.1, 0.15) is 5.75 Å². The smallest absolute Gasteiger partial charge is 0.472 e. The molecule has 0 bridgehead atoms. The molecular weight excluding hydrogens is 402 g/mol. The van der Waals surface area contributed by atoms with Crippen molar-refractivity contribution in [2.45, 2.75) is 18.2 Å². The minimum Gasteiger partial charge on any atom is -0.472 e. The van der Waals surface area contributed by atoms with Gasteiger partial charge in [-0.3, -0.25) is 0 Å². The van der Waals surface area contributed by atoms with Crippen LogP contribution in [0.3, 0.4) is 0 Å². The highest BCUT2D eigenvalue weighted by Gasteiger charge is 2.61. The summed E-state index contributed by atoms with van der Waals surface area (Å²) in [5.41, 5.74) is -2.92. The van der Waals surface area contributed by atoms with Crippen LogP contribution in [0.1, 0.15) is 11.1 Å². The number of fused-ring (bicyclic) bond motifs is 1. The Morgan fingerprint density at radius 2 is 1.60 bits per heavy atom. The lowest BCUT2D eigenvalue weighted by Crippen LogP contribution is -2.46. The fraction of sp³-hybridized carbons (Fsp3) is 0.200. The van der Waals surface area contributed by atoms with Crippen molar-refractivity contribution in [3.8, 4) is 5.75 Å². The number of alkyl halides is 3. The van der Waals surface area contributed by atoms with Crippen molar-refractivity contribution in [3.05, 3.63) is 56.5 Å². The lowest BCUT2D eigenvalue weighted by atomic mass is 9.78. The molecule has 25 heavy (non-hydrogen) atoms. The van der Waals surface area contributed by atoms with Crippen molar-refractivity contribution in [2.75, 3.05) is 0 Å². The monoisotopic (exact) mass is 410 g/mol. The maximum atomic E-state index is 13.9. The van der Waals surface area contributed by atoms with Gasteiger partial charge in [0.05, 0.1) is 0 Å². The third-order valence-corrected chi connectivity index (χ3v) is 4.73. The normalized spacial score (nSPS) is 19.5. The Labute approximate surface area is 156 Å². The molecule has 1 heterocycles. The molecule has 10 heteroatoms. The summed E-state index contributed by atoms with van der Waals surface area (Å²) < 4.78 is 47.1. The SMILES string of the molecule is OB(O)c1cc2c(cc1Cl)OC(c1cc(Cl)cc(Cl)c1)(C(F)(F)F)C2. The first kappa shape index (κ1) is 18.7. The van der Waals surface area contributed by atoms with Gasteiger partial charge >= 0.3 is 13.3 Å². The maximum Gasteiger partial charge on any atom is 0.489 e. The second-order valence-electron chi connectivity index (χ2n) is 5.62. The van der Waals surface area contributed by atoms with Crippen LogP contribution in [-0.4, -0.2) is 23.3 Å². The minimum absolute atomic E-state index is 0.0372. The molecule has 0 aliphatic carbocycles. The molecule has 2 aromatic rings. The van der Waals surface area contributed by atoms with Gasteiger partial charge in [0.2, 0.25) is 5.60 Å². The van der Waals surface area contributed by atoms with E-state index < -0.39 is 25.3 Å². The van der Waals surface area contributed by atoms with Crippen LogP contribution < -0.4 is 10.2 Å². The quantitative estimate of drug-likeness (QED) is 0.741. The molecule has 1 unspecified atom stereocenters. The van der Waals surface area contributed by atoms with E-state index in [4.69, 9.17) is 39.5 Å². The van der Waals surface area contributed by atoms with Gasteiger partial charge in [0, 0.05) is 32.5 Å². The van der Waals surface area contributed by atoms with E-state index in [2.05, 4.69) is 0 Å². The molecule has 0 spiro atoms. The summed E-state index contributed by atoms with van der Waals surface area (Å²) >= 11 is 17.6. The summed E-state index contributed by atoms with van der Waals surface area (Å²) in [5.74, 6) is -0.0946. The zero-order chi connectivity index (χ0) is 18.6. The second kappa shape index (κ2) is 6.25. The molecule has 132 valence electrons. The molecule has 1 atom stereocenters. The number of hydrogen-bond acceptors (Lipinski definition) is 3. The highest BCUT2D eigenvalue weighted by Crippen LogP contribution is 2.51. The van der Waals surface area contributed by atoms with E-state index in [0.29, 0.717) is 0 Å². The van der Waals surface area contributed by atoms with Crippen LogP contribution in [0.15, 0.2) is 30.3 Å². The molecular formula is C15H9BCl3F3O3. The summed E-state index contributed by atoms with van der Waals surface area (Å²) in [6.07, 6.45) is -5.37. The fourth-order valence-corrected chi connectivity index (χ4v) is 3.59. The van der Waals surface area contributed by atoms with Crippen LogP contribution in [0.25, 0.3) is 0 Å². The lowest BCUT2D eigenvalue weighted by Gasteiger charge is -2.31. The molecule has 2 N–H and O–H groups in total. The van der Waals surface area contributed by atoms with E-state index in [-0.39, 0.29) is 37.4 Å². The number of halogens is 6. The van der Waals surface area contributed by atoms with Gasteiger partial charge in [-0.25, -0.2) is 0 Å². The largest absolute Gasteiger partial charge is 0.489 e.